The maximum absolute atomic E-state index is 4.67. The number of hydrogen-bond acceptors (Lipinski definition) is 5. The van der Waals surface area contributed by atoms with Gasteiger partial charge in [0.05, 0.1) is 11.0 Å². The Bertz CT molecular complexity index is 1260. The third-order valence-electron chi connectivity index (χ3n) is 4.97. The molecule has 0 unspecified atom stereocenters. The molecule has 0 amide bonds. The molecule has 0 spiro atoms. The van der Waals surface area contributed by atoms with Crippen LogP contribution in [0, 0.1) is 0 Å². The Morgan fingerprint density at radius 2 is 1.77 bits per heavy atom. The van der Waals surface area contributed by atoms with Crippen molar-refractivity contribution in [2.45, 2.75) is 6.42 Å². The monoisotopic (exact) mass is 392 g/mol. The number of aromatic nitrogens is 5. The number of anilines is 1. The van der Waals surface area contributed by atoms with E-state index >= 15 is 0 Å². The minimum atomic E-state index is 0.609. The van der Waals surface area contributed by atoms with Crippen molar-refractivity contribution in [1.82, 2.24) is 24.5 Å². The van der Waals surface area contributed by atoms with E-state index in [0.717, 1.165) is 40.9 Å². The van der Waals surface area contributed by atoms with Gasteiger partial charge in [-0.3, -0.25) is 9.55 Å². The second-order valence-electron chi connectivity index (χ2n) is 6.96. The van der Waals surface area contributed by atoms with Crippen molar-refractivity contribution in [1.29, 1.82) is 0 Å². The summed E-state index contributed by atoms with van der Waals surface area (Å²) in [4.78, 5) is 17.8. The molecule has 30 heavy (non-hydrogen) atoms. The molecule has 0 aliphatic carbocycles. The lowest BCUT2D eigenvalue weighted by Crippen LogP contribution is -2.09. The van der Waals surface area contributed by atoms with Crippen molar-refractivity contribution in [3.8, 4) is 16.9 Å². The van der Waals surface area contributed by atoms with E-state index in [2.05, 4.69) is 67.7 Å². The highest BCUT2D eigenvalue weighted by atomic mass is 15.2. The summed E-state index contributed by atoms with van der Waals surface area (Å²) in [5, 5.41) is 3.31. The van der Waals surface area contributed by atoms with Gasteiger partial charge in [0, 0.05) is 30.7 Å². The van der Waals surface area contributed by atoms with Gasteiger partial charge in [-0.2, -0.15) is 4.98 Å². The summed E-state index contributed by atoms with van der Waals surface area (Å²) in [6.45, 7) is 0.770. The smallest absolute Gasteiger partial charge is 0.224 e. The van der Waals surface area contributed by atoms with E-state index in [4.69, 9.17) is 0 Å². The molecular weight excluding hydrogens is 372 g/mol. The Hall–Kier alpha value is -4.06. The van der Waals surface area contributed by atoms with Crippen LogP contribution in [0.3, 0.4) is 0 Å². The Morgan fingerprint density at radius 1 is 0.833 bits per heavy atom. The molecule has 6 heteroatoms. The van der Waals surface area contributed by atoms with Crippen molar-refractivity contribution in [2.24, 2.45) is 0 Å². The first-order valence-electron chi connectivity index (χ1n) is 9.85. The molecule has 0 saturated carbocycles. The van der Waals surface area contributed by atoms with E-state index in [1.54, 1.807) is 18.7 Å². The molecule has 6 nitrogen and oxygen atoms in total. The summed E-state index contributed by atoms with van der Waals surface area (Å²) in [6, 6.07) is 22.5. The number of rotatable bonds is 6. The van der Waals surface area contributed by atoms with Gasteiger partial charge < -0.3 is 5.32 Å². The zero-order valence-corrected chi connectivity index (χ0v) is 16.3. The number of imidazole rings is 1. The third kappa shape index (κ3) is 3.75. The highest BCUT2D eigenvalue weighted by molar-refractivity contribution is 5.83. The van der Waals surface area contributed by atoms with E-state index in [0.29, 0.717) is 5.95 Å². The molecular formula is C24H20N6. The van der Waals surface area contributed by atoms with Crippen LogP contribution in [-0.4, -0.2) is 31.0 Å². The molecule has 0 aliphatic heterocycles. The fourth-order valence-corrected chi connectivity index (χ4v) is 3.44. The number of fused-ring (bicyclic) bond motifs is 1. The summed E-state index contributed by atoms with van der Waals surface area (Å²) in [7, 11) is 0. The molecule has 146 valence electrons. The molecule has 0 saturated heterocycles. The first-order valence-corrected chi connectivity index (χ1v) is 9.85. The van der Waals surface area contributed by atoms with Gasteiger partial charge in [-0.25, -0.2) is 9.97 Å². The summed E-state index contributed by atoms with van der Waals surface area (Å²) >= 11 is 0. The van der Waals surface area contributed by atoms with Gasteiger partial charge in [0.25, 0.3) is 0 Å². The van der Waals surface area contributed by atoms with E-state index in [9.17, 15) is 0 Å². The molecule has 1 N–H and O–H groups in total. The van der Waals surface area contributed by atoms with Gasteiger partial charge in [0.1, 0.15) is 12.1 Å². The van der Waals surface area contributed by atoms with Crippen molar-refractivity contribution in [2.75, 3.05) is 11.9 Å². The zero-order chi connectivity index (χ0) is 20.2. The van der Waals surface area contributed by atoms with Gasteiger partial charge in [0.15, 0.2) is 0 Å². The quantitative estimate of drug-likeness (QED) is 0.460. The van der Waals surface area contributed by atoms with Gasteiger partial charge in [-0.05, 0) is 41.8 Å². The van der Waals surface area contributed by atoms with Crippen LogP contribution < -0.4 is 5.32 Å². The van der Waals surface area contributed by atoms with Crippen LogP contribution in [0.1, 0.15) is 5.56 Å². The zero-order valence-electron chi connectivity index (χ0n) is 16.3. The third-order valence-corrected chi connectivity index (χ3v) is 4.97. The Labute approximate surface area is 174 Å². The topological polar surface area (TPSA) is 68.5 Å². The van der Waals surface area contributed by atoms with Gasteiger partial charge >= 0.3 is 0 Å². The molecule has 5 rings (SSSR count). The molecule has 3 heterocycles. The maximum atomic E-state index is 4.67. The predicted molar refractivity (Wildman–Crippen MR) is 119 cm³/mol. The SMILES string of the molecule is c1ccc(CCNc2nccc(-n3cnc4cc(-c5cccnc5)ccc43)n2)cc1. The van der Waals surface area contributed by atoms with Crippen LogP contribution in [0.25, 0.3) is 28.0 Å². The van der Waals surface area contributed by atoms with Crippen molar-refractivity contribution in [3.05, 3.63) is 97.2 Å². The van der Waals surface area contributed by atoms with E-state index < -0.39 is 0 Å². The van der Waals surface area contributed by atoms with Crippen LogP contribution in [0.15, 0.2) is 91.6 Å². The fourth-order valence-electron chi connectivity index (χ4n) is 3.44. The number of nitrogens with one attached hydrogen (secondary N) is 1. The maximum Gasteiger partial charge on any atom is 0.224 e. The number of hydrogen-bond donors (Lipinski definition) is 1. The van der Waals surface area contributed by atoms with Crippen LogP contribution >= 0.6 is 0 Å². The lowest BCUT2D eigenvalue weighted by Gasteiger charge is -2.08. The van der Waals surface area contributed by atoms with Crippen LogP contribution in [0.2, 0.25) is 0 Å². The standard InChI is InChI=1S/C24H20N6/c1-2-5-18(6-3-1)10-13-26-24-27-14-11-23(29-24)30-17-28-21-15-19(8-9-22(21)30)20-7-4-12-25-16-20/h1-9,11-12,14-17H,10,13H2,(H,26,27,29). The minimum Gasteiger partial charge on any atom is -0.354 e. The van der Waals surface area contributed by atoms with E-state index in [1.165, 1.54) is 5.56 Å². The van der Waals surface area contributed by atoms with E-state index in [1.807, 2.05) is 35.0 Å². The molecule has 5 aromatic rings. The van der Waals surface area contributed by atoms with Crippen molar-refractivity contribution < 1.29 is 0 Å². The average molecular weight is 392 g/mol. The summed E-state index contributed by atoms with van der Waals surface area (Å²) < 4.78 is 1.98. The lowest BCUT2D eigenvalue weighted by atomic mass is 10.1. The van der Waals surface area contributed by atoms with Gasteiger partial charge in [0.2, 0.25) is 5.95 Å². The highest BCUT2D eigenvalue weighted by Gasteiger charge is 2.09. The highest BCUT2D eigenvalue weighted by Crippen LogP contribution is 2.24. The molecule has 3 aromatic heterocycles. The lowest BCUT2D eigenvalue weighted by molar-refractivity contribution is 0.953. The molecule has 0 radical (unpaired) electrons. The second kappa shape index (κ2) is 8.13. The van der Waals surface area contributed by atoms with Crippen LogP contribution in [0.4, 0.5) is 5.95 Å². The molecule has 0 bridgehead atoms. The fraction of sp³-hybridized carbons (Fsp3) is 0.0833. The summed E-state index contributed by atoms with van der Waals surface area (Å²) in [5.74, 6) is 1.39. The van der Waals surface area contributed by atoms with Gasteiger partial charge in [-0.1, -0.05) is 42.5 Å². The van der Waals surface area contributed by atoms with Crippen molar-refractivity contribution >= 4 is 17.0 Å². The Kier molecular flexibility index (Phi) is 4.88. The summed E-state index contributed by atoms with van der Waals surface area (Å²) in [6.07, 6.45) is 8.11. The molecule has 0 aliphatic rings. The average Bonchev–Trinajstić information content (AvgIpc) is 3.24. The van der Waals surface area contributed by atoms with E-state index in [-0.39, 0.29) is 0 Å². The summed E-state index contributed by atoms with van der Waals surface area (Å²) in [5.41, 5.74) is 5.35. The largest absolute Gasteiger partial charge is 0.354 e. The normalized spacial score (nSPS) is 10.9. The molecule has 2 aromatic carbocycles. The minimum absolute atomic E-state index is 0.609. The Balaban J connectivity index is 1.37. The van der Waals surface area contributed by atoms with Crippen LogP contribution in [-0.2, 0) is 6.42 Å². The molecule has 0 atom stereocenters. The second-order valence-corrected chi connectivity index (χ2v) is 6.96. The molecule has 0 fully saturated rings. The first kappa shape index (κ1) is 18.0. The Morgan fingerprint density at radius 3 is 2.63 bits per heavy atom. The van der Waals surface area contributed by atoms with Crippen LogP contribution in [0.5, 0.6) is 0 Å². The number of pyridine rings is 1. The number of nitrogens with zero attached hydrogens (tertiary/aromatic N) is 5. The first-order chi connectivity index (χ1) is 14.9. The van der Waals surface area contributed by atoms with Gasteiger partial charge in [-0.15, -0.1) is 0 Å². The predicted octanol–water partition coefficient (Wildman–Crippen LogP) is 4.53. The number of benzene rings is 2. The van der Waals surface area contributed by atoms with Crippen molar-refractivity contribution in [3.63, 3.8) is 0 Å².